The molecule has 1 aromatic rings. The summed E-state index contributed by atoms with van der Waals surface area (Å²) in [5.41, 5.74) is 7.60. The smallest absolute Gasteiger partial charge is 0.293 e. The largest absolute Gasteiger partial charge is 0.320 e. The predicted octanol–water partition coefficient (Wildman–Crippen LogP) is 2.52. The SMILES string of the molecule is CC[C@H](C)[C@H](N)C(=O)Nc1cc(C)c(C)cc1[N+](=O)[O-]. The van der Waals surface area contributed by atoms with E-state index in [1.165, 1.54) is 6.07 Å². The Labute approximate surface area is 118 Å². The molecule has 110 valence electrons. The van der Waals surface area contributed by atoms with E-state index in [1.54, 1.807) is 13.0 Å². The molecule has 0 saturated carbocycles. The quantitative estimate of drug-likeness (QED) is 0.639. The van der Waals surface area contributed by atoms with E-state index in [4.69, 9.17) is 5.73 Å². The second-order valence-electron chi connectivity index (χ2n) is 5.11. The average Bonchev–Trinajstić information content (AvgIpc) is 2.40. The highest BCUT2D eigenvalue weighted by Crippen LogP contribution is 2.28. The summed E-state index contributed by atoms with van der Waals surface area (Å²) in [5.74, 6) is -0.383. The van der Waals surface area contributed by atoms with Gasteiger partial charge in [0.2, 0.25) is 5.91 Å². The van der Waals surface area contributed by atoms with Crippen LogP contribution in [0.1, 0.15) is 31.4 Å². The zero-order valence-corrected chi connectivity index (χ0v) is 12.3. The van der Waals surface area contributed by atoms with Crippen LogP contribution in [0.5, 0.6) is 0 Å². The summed E-state index contributed by atoms with van der Waals surface area (Å²) in [5, 5.41) is 13.6. The Balaban J connectivity index is 3.05. The topological polar surface area (TPSA) is 98.3 Å². The van der Waals surface area contributed by atoms with Gasteiger partial charge in [0, 0.05) is 6.07 Å². The molecular weight excluding hydrogens is 258 g/mol. The number of carbonyl (C=O) groups is 1. The number of nitro benzene ring substituents is 1. The first-order chi connectivity index (χ1) is 9.27. The van der Waals surface area contributed by atoms with Gasteiger partial charge in [-0.3, -0.25) is 14.9 Å². The molecule has 0 aliphatic rings. The molecule has 0 fully saturated rings. The lowest BCUT2D eigenvalue weighted by Gasteiger charge is -2.18. The van der Waals surface area contributed by atoms with Gasteiger partial charge in [-0.15, -0.1) is 0 Å². The number of rotatable bonds is 5. The standard InChI is InChI=1S/C14H21N3O3/c1-5-8(2)13(15)14(18)16-11-6-9(3)10(4)7-12(11)17(19)20/h6-8,13H,5,15H2,1-4H3,(H,16,18)/t8-,13-/m0/s1. The van der Waals surface area contributed by atoms with Gasteiger partial charge in [0.1, 0.15) is 5.69 Å². The van der Waals surface area contributed by atoms with Gasteiger partial charge >= 0.3 is 0 Å². The van der Waals surface area contributed by atoms with E-state index < -0.39 is 16.9 Å². The summed E-state index contributed by atoms with van der Waals surface area (Å²) in [6, 6.07) is 2.38. The zero-order chi connectivity index (χ0) is 15.4. The van der Waals surface area contributed by atoms with Crippen molar-refractivity contribution in [3.63, 3.8) is 0 Å². The molecule has 6 heteroatoms. The lowest BCUT2D eigenvalue weighted by Crippen LogP contribution is -2.40. The monoisotopic (exact) mass is 279 g/mol. The van der Waals surface area contributed by atoms with Crippen molar-refractivity contribution in [3.05, 3.63) is 33.4 Å². The van der Waals surface area contributed by atoms with Crippen molar-refractivity contribution in [1.29, 1.82) is 0 Å². The van der Waals surface area contributed by atoms with Crippen LogP contribution < -0.4 is 11.1 Å². The summed E-state index contributed by atoms with van der Waals surface area (Å²) >= 11 is 0. The number of nitrogens with two attached hydrogens (primary N) is 1. The molecular formula is C14H21N3O3. The highest BCUT2D eigenvalue weighted by atomic mass is 16.6. The fourth-order valence-electron chi connectivity index (χ4n) is 1.78. The molecule has 6 nitrogen and oxygen atoms in total. The molecule has 0 aromatic heterocycles. The molecule has 2 atom stereocenters. The van der Waals surface area contributed by atoms with Crippen LogP contribution in [0.3, 0.4) is 0 Å². The molecule has 0 bridgehead atoms. The van der Waals surface area contributed by atoms with E-state index >= 15 is 0 Å². The summed E-state index contributed by atoms with van der Waals surface area (Å²) in [6.45, 7) is 7.44. The van der Waals surface area contributed by atoms with Crippen molar-refractivity contribution in [2.75, 3.05) is 5.32 Å². The van der Waals surface area contributed by atoms with Gasteiger partial charge in [0.25, 0.3) is 5.69 Å². The molecule has 1 rings (SSSR count). The Morgan fingerprint density at radius 2 is 1.95 bits per heavy atom. The zero-order valence-electron chi connectivity index (χ0n) is 12.3. The summed E-state index contributed by atoms with van der Waals surface area (Å²) < 4.78 is 0. The molecule has 0 saturated heterocycles. The minimum absolute atomic E-state index is 0.0144. The molecule has 0 aliphatic heterocycles. The first-order valence-corrected chi connectivity index (χ1v) is 6.60. The molecule has 20 heavy (non-hydrogen) atoms. The van der Waals surface area contributed by atoms with E-state index in [9.17, 15) is 14.9 Å². The van der Waals surface area contributed by atoms with Crippen LogP contribution in [-0.4, -0.2) is 16.9 Å². The lowest BCUT2D eigenvalue weighted by atomic mass is 9.99. The third-order valence-corrected chi connectivity index (χ3v) is 3.63. The van der Waals surface area contributed by atoms with Crippen LogP contribution in [0.15, 0.2) is 12.1 Å². The molecule has 0 radical (unpaired) electrons. The van der Waals surface area contributed by atoms with Crippen LogP contribution in [0.2, 0.25) is 0 Å². The molecule has 0 aliphatic carbocycles. The molecule has 1 aromatic carbocycles. The minimum Gasteiger partial charge on any atom is -0.320 e. The van der Waals surface area contributed by atoms with Gasteiger partial charge in [0.05, 0.1) is 11.0 Å². The Kier molecular flexibility index (Phi) is 5.21. The maximum absolute atomic E-state index is 12.0. The van der Waals surface area contributed by atoms with E-state index in [2.05, 4.69) is 5.32 Å². The van der Waals surface area contributed by atoms with E-state index in [0.29, 0.717) is 0 Å². The summed E-state index contributed by atoms with van der Waals surface area (Å²) in [4.78, 5) is 22.6. The van der Waals surface area contributed by atoms with Gasteiger partial charge in [-0.2, -0.15) is 0 Å². The average molecular weight is 279 g/mol. The minimum atomic E-state index is -0.679. The van der Waals surface area contributed by atoms with Crippen LogP contribution in [0, 0.1) is 29.9 Å². The van der Waals surface area contributed by atoms with Crippen LogP contribution in [-0.2, 0) is 4.79 Å². The first kappa shape index (κ1) is 16.1. The van der Waals surface area contributed by atoms with E-state index in [1.807, 2.05) is 20.8 Å². The van der Waals surface area contributed by atoms with Crippen LogP contribution >= 0.6 is 0 Å². The number of aryl methyl sites for hydroxylation is 2. The fraction of sp³-hybridized carbons (Fsp3) is 0.500. The van der Waals surface area contributed by atoms with E-state index in [-0.39, 0.29) is 17.3 Å². The van der Waals surface area contributed by atoms with E-state index in [0.717, 1.165) is 17.5 Å². The normalized spacial score (nSPS) is 13.7. The Hall–Kier alpha value is -1.95. The molecule has 1 amide bonds. The lowest BCUT2D eigenvalue weighted by molar-refractivity contribution is -0.384. The number of amides is 1. The third-order valence-electron chi connectivity index (χ3n) is 3.63. The van der Waals surface area contributed by atoms with Crippen molar-refractivity contribution >= 4 is 17.3 Å². The van der Waals surface area contributed by atoms with Crippen molar-refractivity contribution < 1.29 is 9.72 Å². The Bertz CT molecular complexity index is 529. The fourth-order valence-corrected chi connectivity index (χ4v) is 1.78. The molecule has 0 heterocycles. The number of nitrogens with zero attached hydrogens (tertiary/aromatic N) is 1. The Morgan fingerprint density at radius 1 is 1.40 bits per heavy atom. The number of hydrogen-bond acceptors (Lipinski definition) is 4. The maximum atomic E-state index is 12.0. The third kappa shape index (κ3) is 3.54. The molecule has 0 spiro atoms. The van der Waals surface area contributed by atoms with Crippen molar-refractivity contribution in [3.8, 4) is 0 Å². The highest BCUT2D eigenvalue weighted by molar-refractivity contribution is 5.97. The predicted molar refractivity (Wildman–Crippen MR) is 78.6 cm³/mol. The number of benzene rings is 1. The van der Waals surface area contributed by atoms with Gasteiger partial charge in [-0.1, -0.05) is 20.3 Å². The maximum Gasteiger partial charge on any atom is 0.293 e. The Morgan fingerprint density at radius 3 is 2.45 bits per heavy atom. The van der Waals surface area contributed by atoms with Crippen molar-refractivity contribution in [2.45, 2.75) is 40.2 Å². The van der Waals surface area contributed by atoms with Crippen LogP contribution in [0.25, 0.3) is 0 Å². The second kappa shape index (κ2) is 6.47. The van der Waals surface area contributed by atoms with Gasteiger partial charge in [-0.05, 0) is 37.0 Å². The van der Waals surface area contributed by atoms with Crippen LogP contribution in [0.4, 0.5) is 11.4 Å². The molecule has 0 unspecified atom stereocenters. The number of hydrogen-bond donors (Lipinski definition) is 2. The van der Waals surface area contributed by atoms with Crippen molar-refractivity contribution in [2.24, 2.45) is 11.7 Å². The summed E-state index contributed by atoms with van der Waals surface area (Å²) in [6.07, 6.45) is 0.767. The number of anilines is 1. The highest BCUT2D eigenvalue weighted by Gasteiger charge is 2.23. The van der Waals surface area contributed by atoms with Gasteiger partial charge in [-0.25, -0.2) is 0 Å². The number of nitrogens with one attached hydrogen (secondary N) is 1. The second-order valence-corrected chi connectivity index (χ2v) is 5.11. The number of carbonyl (C=O) groups excluding carboxylic acids is 1. The first-order valence-electron chi connectivity index (χ1n) is 6.60. The van der Waals surface area contributed by atoms with Crippen molar-refractivity contribution in [1.82, 2.24) is 0 Å². The molecule has 3 N–H and O–H groups in total. The van der Waals surface area contributed by atoms with Gasteiger partial charge in [0.15, 0.2) is 0 Å². The summed E-state index contributed by atoms with van der Waals surface area (Å²) in [7, 11) is 0. The number of nitro groups is 1. The van der Waals surface area contributed by atoms with Gasteiger partial charge < -0.3 is 11.1 Å².